The fourth-order valence-corrected chi connectivity index (χ4v) is 3.88. The van der Waals surface area contributed by atoms with Crippen molar-refractivity contribution in [3.63, 3.8) is 0 Å². The van der Waals surface area contributed by atoms with Crippen LogP contribution in [0.4, 0.5) is 0 Å². The molecule has 20 heavy (non-hydrogen) atoms. The molecule has 0 bridgehead atoms. The zero-order chi connectivity index (χ0) is 15.1. The van der Waals surface area contributed by atoms with Crippen molar-refractivity contribution in [1.82, 2.24) is 0 Å². The number of benzene rings is 1. The molecule has 1 atom stereocenters. The van der Waals surface area contributed by atoms with Gasteiger partial charge in [0.15, 0.2) is 0 Å². The summed E-state index contributed by atoms with van der Waals surface area (Å²) in [5, 5.41) is 0. The van der Waals surface area contributed by atoms with E-state index < -0.39 is 0 Å². The fourth-order valence-electron chi connectivity index (χ4n) is 3.40. The van der Waals surface area contributed by atoms with Crippen molar-refractivity contribution in [2.24, 2.45) is 5.41 Å². The lowest BCUT2D eigenvalue weighted by atomic mass is 9.62. The molecule has 1 aromatic rings. The van der Waals surface area contributed by atoms with Gasteiger partial charge in [-0.1, -0.05) is 34.6 Å². The lowest BCUT2D eigenvalue weighted by Gasteiger charge is -2.43. The smallest absolute Gasteiger partial charge is 0.133 e. The van der Waals surface area contributed by atoms with Crippen LogP contribution >= 0.6 is 15.9 Å². The first kappa shape index (κ1) is 15.9. The van der Waals surface area contributed by atoms with Gasteiger partial charge in [-0.3, -0.25) is 0 Å². The molecule has 0 heterocycles. The first-order chi connectivity index (χ1) is 9.16. The van der Waals surface area contributed by atoms with Crippen LogP contribution in [0.25, 0.3) is 0 Å². The van der Waals surface area contributed by atoms with Crippen molar-refractivity contribution in [1.29, 1.82) is 0 Å². The molecule has 1 unspecified atom stereocenters. The van der Waals surface area contributed by atoms with Crippen LogP contribution in [0.15, 0.2) is 16.6 Å². The van der Waals surface area contributed by atoms with E-state index in [0.717, 1.165) is 10.2 Å². The van der Waals surface area contributed by atoms with Gasteiger partial charge in [0.1, 0.15) is 5.75 Å². The summed E-state index contributed by atoms with van der Waals surface area (Å²) in [6, 6.07) is 4.57. The van der Waals surface area contributed by atoms with Crippen LogP contribution < -0.4 is 4.74 Å². The molecule has 0 spiro atoms. The number of rotatable bonds is 2. The lowest BCUT2D eigenvalue weighted by molar-refractivity contribution is 0.255. The van der Waals surface area contributed by atoms with Crippen LogP contribution in [-0.4, -0.2) is 6.61 Å². The molecule has 0 aromatic heterocycles. The highest BCUT2D eigenvalue weighted by Gasteiger charge is 2.38. The highest BCUT2D eigenvalue weighted by molar-refractivity contribution is 9.10. The van der Waals surface area contributed by atoms with Gasteiger partial charge in [0, 0.05) is 0 Å². The maximum atomic E-state index is 5.77. The third-order valence-electron chi connectivity index (χ3n) is 4.61. The van der Waals surface area contributed by atoms with Gasteiger partial charge in [0.25, 0.3) is 0 Å². The summed E-state index contributed by atoms with van der Waals surface area (Å²) in [7, 11) is 0. The average Bonchev–Trinajstić information content (AvgIpc) is 2.29. The number of ether oxygens (including phenoxy) is 1. The third-order valence-corrected chi connectivity index (χ3v) is 5.23. The number of halogens is 1. The van der Waals surface area contributed by atoms with Crippen LogP contribution in [0.5, 0.6) is 5.75 Å². The highest BCUT2D eigenvalue weighted by atomic mass is 79.9. The van der Waals surface area contributed by atoms with Crippen molar-refractivity contribution in [2.45, 2.75) is 65.7 Å². The maximum absolute atomic E-state index is 5.77. The molecule has 0 N–H and O–H groups in total. The van der Waals surface area contributed by atoms with E-state index in [4.69, 9.17) is 4.74 Å². The predicted molar refractivity (Wildman–Crippen MR) is 89.8 cm³/mol. The van der Waals surface area contributed by atoms with E-state index in [9.17, 15) is 0 Å². The average molecular weight is 339 g/mol. The number of hydrogen-bond acceptors (Lipinski definition) is 1. The summed E-state index contributed by atoms with van der Waals surface area (Å²) in [4.78, 5) is 0. The van der Waals surface area contributed by atoms with Gasteiger partial charge in [-0.05, 0) is 75.7 Å². The summed E-state index contributed by atoms with van der Waals surface area (Å²) < 4.78 is 6.86. The Hall–Kier alpha value is -0.500. The molecule has 0 aliphatic heterocycles. The van der Waals surface area contributed by atoms with E-state index in [1.165, 1.54) is 24.0 Å². The van der Waals surface area contributed by atoms with E-state index in [1.54, 1.807) is 0 Å². The van der Waals surface area contributed by atoms with Crippen LogP contribution in [0.1, 0.15) is 71.4 Å². The molecule has 0 saturated heterocycles. The lowest BCUT2D eigenvalue weighted by Crippen LogP contribution is -2.31. The van der Waals surface area contributed by atoms with Gasteiger partial charge in [0.05, 0.1) is 11.1 Å². The van der Waals surface area contributed by atoms with Crippen molar-refractivity contribution in [3.05, 3.63) is 27.7 Å². The predicted octanol–water partition coefficient (Wildman–Crippen LogP) is 6.05. The molecule has 0 radical (unpaired) electrons. The summed E-state index contributed by atoms with van der Waals surface area (Å²) >= 11 is 3.68. The van der Waals surface area contributed by atoms with Crippen molar-refractivity contribution < 1.29 is 4.74 Å². The SMILES string of the molecule is CCOc1cc2c(cc1Br)C(C(C)(C)C)CCC2(C)C. The second kappa shape index (κ2) is 5.36. The molecule has 112 valence electrons. The van der Waals surface area contributed by atoms with Crippen LogP contribution in [0.3, 0.4) is 0 Å². The Bertz CT molecular complexity index is 497. The van der Waals surface area contributed by atoms with E-state index >= 15 is 0 Å². The standard InChI is InChI=1S/C18H27BrO/c1-7-20-16-11-14-12(10-15(16)19)13(17(2,3)4)8-9-18(14,5)6/h10-11,13H,7-9H2,1-6H3. The molecule has 1 aliphatic carbocycles. The highest BCUT2D eigenvalue weighted by Crippen LogP contribution is 2.51. The number of hydrogen-bond donors (Lipinski definition) is 0. The zero-order valence-corrected chi connectivity index (χ0v) is 15.2. The Kier molecular flexibility index (Phi) is 4.26. The van der Waals surface area contributed by atoms with Crippen LogP contribution in [0, 0.1) is 5.41 Å². The topological polar surface area (TPSA) is 9.23 Å². The summed E-state index contributed by atoms with van der Waals surface area (Å²) in [6.45, 7) is 14.5. The molecule has 0 amide bonds. The first-order valence-corrected chi connectivity index (χ1v) is 8.43. The molecule has 1 aliphatic rings. The molecule has 2 rings (SSSR count). The Morgan fingerprint density at radius 3 is 2.50 bits per heavy atom. The van der Waals surface area contributed by atoms with Crippen molar-refractivity contribution >= 4 is 15.9 Å². The minimum Gasteiger partial charge on any atom is -0.493 e. The summed E-state index contributed by atoms with van der Waals surface area (Å²) in [5.41, 5.74) is 3.51. The Morgan fingerprint density at radius 2 is 1.95 bits per heavy atom. The van der Waals surface area contributed by atoms with E-state index in [-0.39, 0.29) is 5.41 Å². The zero-order valence-electron chi connectivity index (χ0n) is 13.6. The molecule has 0 fully saturated rings. The molecular weight excluding hydrogens is 312 g/mol. The quantitative estimate of drug-likeness (QED) is 0.637. The second-order valence-corrected chi connectivity index (χ2v) is 8.50. The number of fused-ring (bicyclic) bond motifs is 1. The van der Waals surface area contributed by atoms with E-state index in [2.05, 4.69) is 62.7 Å². The second-order valence-electron chi connectivity index (χ2n) is 7.64. The summed E-state index contributed by atoms with van der Waals surface area (Å²) in [6.07, 6.45) is 2.51. The fraction of sp³-hybridized carbons (Fsp3) is 0.667. The van der Waals surface area contributed by atoms with E-state index in [1.807, 2.05) is 6.92 Å². The molecule has 1 aromatic carbocycles. The third kappa shape index (κ3) is 2.90. The van der Waals surface area contributed by atoms with Gasteiger partial charge in [-0.25, -0.2) is 0 Å². The van der Waals surface area contributed by atoms with Gasteiger partial charge in [-0.15, -0.1) is 0 Å². The van der Waals surface area contributed by atoms with Crippen molar-refractivity contribution in [3.8, 4) is 5.75 Å². The molecule has 1 nitrogen and oxygen atoms in total. The van der Waals surface area contributed by atoms with Gasteiger partial charge in [0.2, 0.25) is 0 Å². The molecule has 2 heteroatoms. The van der Waals surface area contributed by atoms with Gasteiger partial charge < -0.3 is 4.74 Å². The Balaban J connectivity index is 2.58. The first-order valence-electron chi connectivity index (χ1n) is 7.63. The Labute approximate surface area is 132 Å². The van der Waals surface area contributed by atoms with Crippen LogP contribution in [0.2, 0.25) is 0 Å². The minimum atomic E-state index is 0.240. The van der Waals surface area contributed by atoms with E-state index in [0.29, 0.717) is 17.9 Å². The van der Waals surface area contributed by atoms with Gasteiger partial charge >= 0.3 is 0 Å². The minimum absolute atomic E-state index is 0.240. The maximum Gasteiger partial charge on any atom is 0.133 e. The van der Waals surface area contributed by atoms with Crippen molar-refractivity contribution in [2.75, 3.05) is 6.61 Å². The summed E-state index contributed by atoms with van der Waals surface area (Å²) in [5.74, 6) is 1.60. The Morgan fingerprint density at radius 1 is 1.30 bits per heavy atom. The van der Waals surface area contributed by atoms with Crippen LogP contribution in [-0.2, 0) is 5.41 Å². The monoisotopic (exact) mass is 338 g/mol. The normalized spacial score (nSPS) is 21.4. The molecular formula is C18H27BrO. The largest absolute Gasteiger partial charge is 0.493 e. The molecule has 0 saturated carbocycles. The van der Waals surface area contributed by atoms with Gasteiger partial charge in [-0.2, -0.15) is 0 Å².